The number of carbonyl (C=O) groups is 1. The van der Waals surface area contributed by atoms with E-state index in [0.717, 1.165) is 5.56 Å². The van der Waals surface area contributed by atoms with Gasteiger partial charge in [0.1, 0.15) is 5.75 Å². The molecule has 1 aliphatic rings. The largest absolute Gasteiger partial charge is 0.482 e. The quantitative estimate of drug-likeness (QED) is 0.665. The van der Waals surface area contributed by atoms with Gasteiger partial charge in [0.25, 0.3) is 5.91 Å². The zero-order valence-electron chi connectivity index (χ0n) is 16.9. The van der Waals surface area contributed by atoms with E-state index in [-0.39, 0.29) is 34.2 Å². The van der Waals surface area contributed by atoms with Crippen molar-refractivity contribution in [1.29, 1.82) is 0 Å². The standard InChI is InChI=1S/C21H25ClN2O5S/c1-15(13-28-2)23-21(25)14-29-20-8-7-18(11-19(20)22)30(26,27)24-10-9-16-5-3-4-6-17(16)12-24/h3-8,11,15H,9-10,12-14H2,1-2H3,(H,23,25)/t15-/m0/s1. The molecule has 162 valence electrons. The Morgan fingerprint density at radius 2 is 1.97 bits per heavy atom. The van der Waals surface area contributed by atoms with Crippen LogP contribution >= 0.6 is 11.6 Å². The minimum Gasteiger partial charge on any atom is -0.482 e. The molecule has 0 saturated carbocycles. The van der Waals surface area contributed by atoms with Gasteiger partial charge < -0.3 is 14.8 Å². The fourth-order valence-electron chi connectivity index (χ4n) is 3.33. The predicted octanol–water partition coefficient (Wildman–Crippen LogP) is 2.62. The van der Waals surface area contributed by atoms with Crippen LogP contribution < -0.4 is 10.1 Å². The van der Waals surface area contributed by atoms with Crippen LogP contribution in [0.25, 0.3) is 0 Å². The molecule has 7 nitrogen and oxygen atoms in total. The van der Waals surface area contributed by atoms with Crippen LogP contribution in [0.1, 0.15) is 18.1 Å². The second-order valence-electron chi connectivity index (χ2n) is 7.16. The molecule has 0 unspecified atom stereocenters. The van der Waals surface area contributed by atoms with Crippen LogP contribution in [-0.2, 0) is 32.5 Å². The molecular weight excluding hydrogens is 428 g/mol. The molecule has 0 spiro atoms. The van der Waals surface area contributed by atoms with E-state index in [0.29, 0.717) is 26.1 Å². The fraction of sp³-hybridized carbons (Fsp3) is 0.381. The third kappa shape index (κ3) is 5.31. The maximum atomic E-state index is 13.1. The van der Waals surface area contributed by atoms with Gasteiger partial charge in [0.2, 0.25) is 10.0 Å². The van der Waals surface area contributed by atoms with Crippen molar-refractivity contribution in [1.82, 2.24) is 9.62 Å². The van der Waals surface area contributed by atoms with Crippen LogP contribution in [0.15, 0.2) is 47.4 Å². The Morgan fingerprint density at radius 1 is 1.23 bits per heavy atom. The molecule has 1 heterocycles. The lowest BCUT2D eigenvalue weighted by molar-refractivity contribution is -0.124. The van der Waals surface area contributed by atoms with Crippen LogP contribution in [0, 0.1) is 0 Å². The lowest BCUT2D eigenvalue weighted by Gasteiger charge is -2.28. The maximum absolute atomic E-state index is 13.1. The van der Waals surface area contributed by atoms with Crippen molar-refractivity contribution in [2.24, 2.45) is 0 Å². The number of rotatable bonds is 8. The lowest BCUT2D eigenvalue weighted by Crippen LogP contribution is -2.38. The first-order valence-corrected chi connectivity index (χ1v) is 11.4. The molecule has 1 aliphatic heterocycles. The lowest BCUT2D eigenvalue weighted by atomic mass is 10.0. The number of hydrogen-bond donors (Lipinski definition) is 1. The number of ether oxygens (including phenoxy) is 2. The van der Waals surface area contributed by atoms with Gasteiger partial charge in [-0.3, -0.25) is 4.79 Å². The van der Waals surface area contributed by atoms with E-state index in [1.54, 1.807) is 7.11 Å². The highest BCUT2D eigenvalue weighted by Gasteiger charge is 2.28. The Hall–Kier alpha value is -2.13. The Morgan fingerprint density at radius 3 is 2.67 bits per heavy atom. The van der Waals surface area contributed by atoms with Crippen LogP contribution in [-0.4, -0.2) is 51.5 Å². The molecule has 0 radical (unpaired) electrons. The molecular formula is C21H25ClN2O5S. The third-order valence-electron chi connectivity index (χ3n) is 4.82. The van der Waals surface area contributed by atoms with E-state index in [9.17, 15) is 13.2 Å². The van der Waals surface area contributed by atoms with E-state index < -0.39 is 10.0 Å². The number of sulfonamides is 1. The molecule has 0 fully saturated rings. The average Bonchev–Trinajstić information content (AvgIpc) is 2.72. The summed E-state index contributed by atoms with van der Waals surface area (Å²) in [5.74, 6) is -0.0755. The van der Waals surface area contributed by atoms with Crippen LogP contribution in [0.4, 0.5) is 0 Å². The Bertz CT molecular complexity index is 1010. The number of methoxy groups -OCH3 is 1. The summed E-state index contributed by atoms with van der Waals surface area (Å²) in [5, 5.41) is 2.85. The highest BCUT2D eigenvalue weighted by molar-refractivity contribution is 7.89. The van der Waals surface area contributed by atoms with Gasteiger partial charge in [-0.1, -0.05) is 35.9 Å². The molecule has 2 aromatic rings. The minimum absolute atomic E-state index is 0.0948. The smallest absolute Gasteiger partial charge is 0.258 e. The number of carbonyl (C=O) groups excluding carboxylic acids is 1. The topological polar surface area (TPSA) is 84.9 Å². The van der Waals surface area contributed by atoms with Gasteiger partial charge in [-0.25, -0.2) is 8.42 Å². The molecule has 0 saturated heterocycles. The number of amides is 1. The molecule has 1 atom stereocenters. The van der Waals surface area contributed by atoms with E-state index in [2.05, 4.69) is 5.32 Å². The van der Waals surface area contributed by atoms with Gasteiger partial charge in [-0.2, -0.15) is 4.31 Å². The first kappa shape index (κ1) is 22.6. The second-order valence-corrected chi connectivity index (χ2v) is 9.51. The van der Waals surface area contributed by atoms with Gasteiger partial charge in [-0.05, 0) is 42.7 Å². The summed E-state index contributed by atoms with van der Waals surface area (Å²) in [6.45, 7) is 2.71. The fourth-order valence-corrected chi connectivity index (χ4v) is 5.08. The van der Waals surface area contributed by atoms with E-state index >= 15 is 0 Å². The van der Waals surface area contributed by atoms with Crippen molar-refractivity contribution >= 4 is 27.5 Å². The van der Waals surface area contributed by atoms with Crippen molar-refractivity contribution in [3.63, 3.8) is 0 Å². The zero-order valence-corrected chi connectivity index (χ0v) is 18.5. The van der Waals surface area contributed by atoms with Crippen molar-refractivity contribution in [2.75, 3.05) is 26.9 Å². The monoisotopic (exact) mass is 452 g/mol. The maximum Gasteiger partial charge on any atom is 0.258 e. The Labute approximate surface area is 182 Å². The highest BCUT2D eigenvalue weighted by Crippen LogP contribution is 2.30. The summed E-state index contributed by atoms with van der Waals surface area (Å²) in [5.41, 5.74) is 2.18. The first-order valence-electron chi connectivity index (χ1n) is 9.59. The van der Waals surface area contributed by atoms with Gasteiger partial charge >= 0.3 is 0 Å². The average molecular weight is 453 g/mol. The van der Waals surface area contributed by atoms with Crippen LogP contribution in [0.2, 0.25) is 5.02 Å². The normalized spacial score (nSPS) is 15.3. The minimum atomic E-state index is -3.70. The molecule has 9 heteroatoms. The van der Waals surface area contributed by atoms with Gasteiger partial charge in [-0.15, -0.1) is 0 Å². The molecule has 30 heavy (non-hydrogen) atoms. The van der Waals surface area contributed by atoms with Crippen molar-refractivity contribution in [3.8, 4) is 5.75 Å². The summed E-state index contributed by atoms with van der Waals surface area (Å²) >= 11 is 6.23. The first-order chi connectivity index (χ1) is 14.3. The van der Waals surface area contributed by atoms with E-state index in [1.807, 2.05) is 31.2 Å². The Balaban J connectivity index is 1.66. The molecule has 0 aromatic heterocycles. The van der Waals surface area contributed by atoms with Crippen LogP contribution in [0.5, 0.6) is 5.75 Å². The molecule has 0 bridgehead atoms. The molecule has 1 N–H and O–H groups in total. The SMILES string of the molecule is COC[C@H](C)NC(=O)COc1ccc(S(=O)(=O)N2CCc3ccccc3C2)cc1Cl. The predicted molar refractivity (Wildman–Crippen MR) is 114 cm³/mol. The molecule has 2 aromatic carbocycles. The zero-order chi connectivity index (χ0) is 21.7. The van der Waals surface area contributed by atoms with Crippen LogP contribution in [0.3, 0.4) is 0 Å². The summed E-state index contributed by atoms with van der Waals surface area (Å²) in [4.78, 5) is 12.0. The van der Waals surface area contributed by atoms with Gasteiger partial charge in [0.15, 0.2) is 6.61 Å². The van der Waals surface area contributed by atoms with Crippen molar-refractivity contribution in [3.05, 3.63) is 58.6 Å². The molecule has 3 rings (SSSR count). The summed E-state index contributed by atoms with van der Waals surface area (Å²) in [7, 11) is -2.14. The number of hydrogen-bond acceptors (Lipinski definition) is 5. The molecule has 1 amide bonds. The van der Waals surface area contributed by atoms with Gasteiger partial charge in [0.05, 0.1) is 16.5 Å². The van der Waals surface area contributed by atoms with Gasteiger partial charge in [0, 0.05) is 26.2 Å². The number of fused-ring (bicyclic) bond motifs is 1. The van der Waals surface area contributed by atoms with E-state index in [1.165, 1.54) is 28.1 Å². The second kappa shape index (κ2) is 9.78. The van der Waals surface area contributed by atoms with E-state index in [4.69, 9.17) is 21.1 Å². The summed E-state index contributed by atoms with van der Waals surface area (Å²) in [6.07, 6.45) is 0.668. The summed E-state index contributed by atoms with van der Waals surface area (Å²) < 4.78 is 38.0. The number of benzene rings is 2. The third-order valence-corrected chi connectivity index (χ3v) is 6.96. The Kier molecular flexibility index (Phi) is 7.36. The van der Waals surface area contributed by atoms with Crippen molar-refractivity contribution in [2.45, 2.75) is 30.8 Å². The molecule has 0 aliphatic carbocycles. The van der Waals surface area contributed by atoms with Crippen molar-refractivity contribution < 1.29 is 22.7 Å². The number of halogens is 1. The summed E-state index contributed by atoms with van der Waals surface area (Å²) in [6, 6.07) is 12.0. The highest BCUT2D eigenvalue weighted by atomic mass is 35.5. The number of nitrogens with one attached hydrogen (secondary N) is 1. The number of nitrogens with zero attached hydrogens (tertiary/aromatic N) is 1.